The molecule has 0 spiro atoms. The summed E-state index contributed by atoms with van der Waals surface area (Å²) >= 11 is 0. The summed E-state index contributed by atoms with van der Waals surface area (Å²) in [5.74, 6) is 0.498. The predicted molar refractivity (Wildman–Crippen MR) is 98.5 cm³/mol. The number of fused-ring (bicyclic) bond motifs is 1. The van der Waals surface area contributed by atoms with Crippen molar-refractivity contribution in [2.75, 3.05) is 0 Å². The van der Waals surface area contributed by atoms with Crippen LogP contribution in [0.2, 0.25) is 0 Å². The molecule has 1 heterocycles. The highest BCUT2D eigenvalue weighted by molar-refractivity contribution is 5.76. The van der Waals surface area contributed by atoms with Gasteiger partial charge in [0.15, 0.2) is 0 Å². The minimum absolute atomic E-state index is 0.226. The third-order valence-corrected chi connectivity index (χ3v) is 4.13. The number of carbonyl (C=O) groups excluding carboxylic acids is 1. The lowest BCUT2D eigenvalue weighted by Crippen LogP contribution is -2.34. The SMILES string of the molecule is CC(C)c1ccc(CNC(=O)NCc2ccc3[nH]c(=O)[nH]c3c2)cc1. The number of aromatic nitrogens is 2. The Kier molecular flexibility index (Phi) is 4.88. The van der Waals surface area contributed by atoms with Crippen LogP contribution in [0.3, 0.4) is 0 Å². The van der Waals surface area contributed by atoms with Crippen molar-refractivity contribution in [3.05, 3.63) is 69.6 Å². The van der Waals surface area contributed by atoms with Crippen molar-refractivity contribution >= 4 is 17.1 Å². The zero-order valence-corrected chi connectivity index (χ0v) is 14.3. The number of aromatic amines is 2. The van der Waals surface area contributed by atoms with E-state index in [0.717, 1.165) is 22.2 Å². The third-order valence-electron chi connectivity index (χ3n) is 4.13. The molecule has 4 N–H and O–H groups in total. The lowest BCUT2D eigenvalue weighted by atomic mass is 10.0. The average Bonchev–Trinajstić information content (AvgIpc) is 2.97. The normalized spacial score (nSPS) is 11.0. The molecule has 3 rings (SSSR count). The molecule has 0 aliphatic rings. The molecule has 0 aliphatic carbocycles. The van der Waals surface area contributed by atoms with Crippen LogP contribution in [-0.2, 0) is 13.1 Å². The second-order valence-electron chi connectivity index (χ2n) is 6.39. The molecule has 0 aliphatic heterocycles. The van der Waals surface area contributed by atoms with E-state index < -0.39 is 0 Å². The molecule has 2 aromatic carbocycles. The molecule has 1 aromatic heterocycles. The molecular weight excluding hydrogens is 316 g/mol. The Bertz CT molecular complexity index is 922. The number of amides is 2. The second kappa shape index (κ2) is 7.25. The van der Waals surface area contributed by atoms with E-state index in [1.165, 1.54) is 5.56 Å². The lowest BCUT2D eigenvalue weighted by molar-refractivity contribution is 0.240. The van der Waals surface area contributed by atoms with Gasteiger partial charge in [-0.05, 0) is 34.7 Å². The van der Waals surface area contributed by atoms with Gasteiger partial charge in [0.2, 0.25) is 0 Å². The van der Waals surface area contributed by atoms with Crippen LogP contribution in [0, 0.1) is 0 Å². The van der Waals surface area contributed by atoms with Gasteiger partial charge < -0.3 is 20.6 Å². The molecule has 0 unspecified atom stereocenters. The molecule has 3 aromatic rings. The van der Waals surface area contributed by atoms with Gasteiger partial charge in [-0.15, -0.1) is 0 Å². The van der Waals surface area contributed by atoms with E-state index in [9.17, 15) is 9.59 Å². The van der Waals surface area contributed by atoms with Gasteiger partial charge in [-0.25, -0.2) is 9.59 Å². The minimum atomic E-state index is -0.235. The lowest BCUT2D eigenvalue weighted by Gasteiger charge is -2.09. The van der Waals surface area contributed by atoms with E-state index in [1.807, 2.05) is 30.3 Å². The Hall–Kier alpha value is -3.02. The van der Waals surface area contributed by atoms with E-state index in [0.29, 0.717) is 19.0 Å². The molecule has 6 heteroatoms. The monoisotopic (exact) mass is 338 g/mol. The molecule has 0 saturated heterocycles. The van der Waals surface area contributed by atoms with E-state index in [2.05, 4.69) is 46.6 Å². The Labute approximate surface area is 145 Å². The number of carbonyl (C=O) groups is 1. The molecule has 0 saturated carbocycles. The van der Waals surface area contributed by atoms with Gasteiger partial charge >= 0.3 is 11.7 Å². The summed E-state index contributed by atoms with van der Waals surface area (Å²) < 4.78 is 0. The maximum absolute atomic E-state index is 11.9. The number of rotatable bonds is 5. The first-order valence-corrected chi connectivity index (χ1v) is 8.33. The highest BCUT2D eigenvalue weighted by Crippen LogP contribution is 2.14. The summed E-state index contributed by atoms with van der Waals surface area (Å²) in [5.41, 5.74) is 4.51. The molecule has 25 heavy (non-hydrogen) atoms. The van der Waals surface area contributed by atoms with Crippen LogP contribution in [0.15, 0.2) is 47.3 Å². The van der Waals surface area contributed by atoms with Crippen LogP contribution < -0.4 is 16.3 Å². The van der Waals surface area contributed by atoms with Gasteiger partial charge in [-0.1, -0.05) is 44.2 Å². The fourth-order valence-electron chi connectivity index (χ4n) is 2.64. The van der Waals surface area contributed by atoms with Crippen LogP contribution in [0.1, 0.15) is 36.5 Å². The third kappa shape index (κ3) is 4.29. The zero-order valence-electron chi connectivity index (χ0n) is 14.3. The van der Waals surface area contributed by atoms with E-state index in [1.54, 1.807) is 0 Å². The first-order valence-electron chi connectivity index (χ1n) is 8.33. The highest BCUT2D eigenvalue weighted by atomic mass is 16.2. The second-order valence-corrected chi connectivity index (χ2v) is 6.39. The summed E-state index contributed by atoms with van der Waals surface area (Å²) in [6, 6.07) is 13.6. The Morgan fingerprint density at radius 3 is 2.20 bits per heavy atom. The maximum atomic E-state index is 11.9. The van der Waals surface area contributed by atoms with E-state index >= 15 is 0 Å². The van der Waals surface area contributed by atoms with E-state index in [-0.39, 0.29) is 11.7 Å². The number of benzene rings is 2. The van der Waals surface area contributed by atoms with Crippen molar-refractivity contribution in [1.82, 2.24) is 20.6 Å². The number of H-pyrrole nitrogens is 2. The van der Waals surface area contributed by atoms with Crippen LogP contribution >= 0.6 is 0 Å². The largest absolute Gasteiger partial charge is 0.334 e. The van der Waals surface area contributed by atoms with Crippen molar-refractivity contribution in [3.8, 4) is 0 Å². The number of hydrogen-bond donors (Lipinski definition) is 4. The molecule has 2 amide bonds. The fraction of sp³-hybridized carbons (Fsp3) is 0.263. The molecule has 0 bridgehead atoms. The number of nitrogens with one attached hydrogen (secondary N) is 4. The van der Waals surface area contributed by atoms with Gasteiger partial charge in [0.1, 0.15) is 0 Å². The summed E-state index contributed by atoms with van der Waals surface area (Å²) in [6.07, 6.45) is 0. The smallest absolute Gasteiger partial charge is 0.323 e. The van der Waals surface area contributed by atoms with Crippen molar-refractivity contribution < 1.29 is 4.79 Å². The van der Waals surface area contributed by atoms with Crippen molar-refractivity contribution in [1.29, 1.82) is 0 Å². The predicted octanol–water partition coefficient (Wildman–Crippen LogP) is 2.98. The number of imidazole rings is 1. The Balaban J connectivity index is 1.50. The van der Waals surface area contributed by atoms with Gasteiger partial charge in [0.05, 0.1) is 11.0 Å². The number of hydrogen-bond acceptors (Lipinski definition) is 2. The average molecular weight is 338 g/mol. The Morgan fingerprint density at radius 1 is 0.920 bits per heavy atom. The van der Waals surface area contributed by atoms with E-state index in [4.69, 9.17) is 0 Å². The number of urea groups is 1. The van der Waals surface area contributed by atoms with Crippen LogP contribution in [-0.4, -0.2) is 16.0 Å². The van der Waals surface area contributed by atoms with Crippen molar-refractivity contribution in [2.45, 2.75) is 32.9 Å². The molecular formula is C19H22N4O2. The standard InChI is InChI=1S/C19H22N4O2/c1-12(2)15-6-3-13(4-7-15)10-20-18(24)21-11-14-5-8-16-17(9-14)23-19(25)22-16/h3-9,12H,10-11H2,1-2H3,(H2,20,21,24)(H2,22,23,25). The molecule has 0 atom stereocenters. The highest BCUT2D eigenvalue weighted by Gasteiger charge is 2.04. The summed E-state index contributed by atoms with van der Waals surface area (Å²) in [5, 5.41) is 5.66. The summed E-state index contributed by atoms with van der Waals surface area (Å²) in [4.78, 5) is 28.6. The maximum Gasteiger partial charge on any atom is 0.323 e. The first kappa shape index (κ1) is 16.8. The quantitative estimate of drug-likeness (QED) is 0.576. The molecule has 130 valence electrons. The van der Waals surface area contributed by atoms with Crippen molar-refractivity contribution in [2.24, 2.45) is 0 Å². The van der Waals surface area contributed by atoms with Gasteiger partial charge in [-0.2, -0.15) is 0 Å². The zero-order chi connectivity index (χ0) is 17.8. The summed E-state index contributed by atoms with van der Waals surface area (Å²) in [6.45, 7) is 5.18. The molecule has 0 fully saturated rings. The first-order chi connectivity index (χ1) is 12.0. The molecule has 6 nitrogen and oxygen atoms in total. The van der Waals surface area contributed by atoms with Crippen LogP contribution in [0.5, 0.6) is 0 Å². The fourth-order valence-corrected chi connectivity index (χ4v) is 2.64. The van der Waals surface area contributed by atoms with Crippen molar-refractivity contribution in [3.63, 3.8) is 0 Å². The topological polar surface area (TPSA) is 89.8 Å². The minimum Gasteiger partial charge on any atom is -0.334 e. The van der Waals surface area contributed by atoms with Gasteiger partial charge in [-0.3, -0.25) is 0 Å². The van der Waals surface area contributed by atoms with Gasteiger partial charge in [0, 0.05) is 13.1 Å². The summed E-state index contributed by atoms with van der Waals surface area (Å²) in [7, 11) is 0. The van der Waals surface area contributed by atoms with Gasteiger partial charge in [0.25, 0.3) is 0 Å². The van der Waals surface area contributed by atoms with Crippen LogP contribution in [0.4, 0.5) is 4.79 Å². The Morgan fingerprint density at radius 2 is 1.52 bits per heavy atom. The molecule has 0 radical (unpaired) electrons. The van der Waals surface area contributed by atoms with Crippen LogP contribution in [0.25, 0.3) is 11.0 Å².